The molecule has 90 valence electrons. The molecule has 1 aromatic carbocycles. The predicted octanol–water partition coefficient (Wildman–Crippen LogP) is 1.08. The van der Waals surface area contributed by atoms with Crippen LogP contribution in [0.25, 0.3) is 0 Å². The fourth-order valence-corrected chi connectivity index (χ4v) is 1.30. The zero-order valence-electron chi connectivity index (χ0n) is 9.65. The first-order chi connectivity index (χ1) is 7.76. The van der Waals surface area contributed by atoms with Crippen molar-refractivity contribution < 1.29 is 24.1 Å². The Hall–Kier alpha value is -1.62. The molecule has 1 aromatic rings. The molecule has 5 nitrogen and oxygen atoms in total. The Kier molecular flexibility index (Phi) is 4.72. The lowest BCUT2D eigenvalue weighted by Crippen LogP contribution is -2.03. The van der Waals surface area contributed by atoms with Crippen LogP contribution in [0.3, 0.4) is 0 Å². The molecular formula is C11H16O5. The second-order valence-corrected chi connectivity index (χ2v) is 2.93. The minimum Gasteiger partial charge on any atom is -0.493 e. The molecule has 0 unspecified atom stereocenters. The van der Waals surface area contributed by atoms with Crippen LogP contribution >= 0.6 is 0 Å². The molecule has 1 rings (SSSR count). The molecule has 0 bridgehead atoms. The Balaban J connectivity index is 3.05. The minimum absolute atomic E-state index is 0.0450. The summed E-state index contributed by atoms with van der Waals surface area (Å²) < 4.78 is 20.7. The van der Waals surface area contributed by atoms with Crippen molar-refractivity contribution in [1.82, 2.24) is 0 Å². The highest BCUT2D eigenvalue weighted by Crippen LogP contribution is 2.40. The molecule has 0 amide bonds. The van der Waals surface area contributed by atoms with E-state index in [1.165, 1.54) is 21.3 Å². The zero-order chi connectivity index (χ0) is 12.0. The van der Waals surface area contributed by atoms with E-state index in [1.54, 1.807) is 12.1 Å². The number of hydrogen-bond donors (Lipinski definition) is 1. The normalized spacial score (nSPS) is 9.75. The molecule has 0 saturated carbocycles. The van der Waals surface area contributed by atoms with Gasteiger partial charge in [0.25, 0.3) is 0 Å². The monoisotopic (exact) mass is 228 g/mol. The number of aliphatic hydroxyl groups excluding tert-OH is 1. The second kappa shape index (κ2) is 6.07. The number of benzene rings is 1. The lowest BCUT2D eigenvalue weighted by atomic mass is 10.2. The van der Waals surface area contributed by atoms with Gasteiger partial charge in [0.05, 0.1) is 27.9 Å². The maximum Gasteiger partial charge on any atom is 0.203 e. The van der Waals surface area contributed by atoms with E-state index in [4.69, 9.17) is 24.1 Å². The van der Waals surface area contributed by atoms with Crippen LogP contribution in [0.15, 0.2) is 12.1 Å². The van der Waals surface area contributed by atoms with E-state index >= 15 is 0 Å². The van der Waals surface area contributed by atoms with Crippen molar-refractivity contribution >= 4 is 0 Å². The average Bonchev–Trinajstić information content (AvgIpc) is 2.34. The molecule has 0 saturated heterocycles. The molecule has 0 aliphatic rings. The molecule has 0 aromatic heterocycles. The van der Waals surface area contributed by atoms with Crippen molar-refractivity contribution in [3.63, 3.8) is 0 Å². The summed E-state index contributed by atoms with van der Waals surface area (Å²) >= 11 is 0. The number of aliphatic hydroxyl groups is 1. The van der Waals surface area contributed by atoms with Crippen LogP contribution in [0, 0.1) is 0 Å². The van der Waals surface area contributed by atoms with E-state index < -0.39 is 0 Å². The van der Waals surface area contributed by atoms with Gasteiger partial charge in [0, 0.05) is 12.1 Å². The van der Waals surface area contributed by atoms with Gasteiger partial charge in [-0.2, -0.15) is 0 Å². The molecule has 0 radical (unpaired) electrons. The van der Waals surface area contributed by atoms with Crippen LogP contribution in [-0.2, 0) is 0 Å². The molecular weight excluding hydrogens is 212 g/mol. The van der Waals surface area contributed by atoms with Crippen LogP contribution in [0.5, 0.6) is 23.0 Å². The number of hydrogen-bond acceptors (Lipinski definition) is 5. The fraction of sp³-hybridized carbons (Fsp3) is 0.455. The molecule has 0 fully saturated rings. The van der Waals surface area contributed by atoms with E-state index in [0.29, 0.717) is 23.0 Å². The zero-order valence-corrected chi connectivity index (χ0v) is 9.65. The van der Waals surface area contributed by atoms with E-state index in [2.05, 4.69) is 0 Å². The van der Waals surface area contributed by atoms with Crippen molar-refractivity contribution in [2.75, 3.05) is 34.5 Å². The minimum atomic E-state index is -0.0450. The standard InChI is InChI=1S/C11H16O5/c1-13-9-6-8(16-5-4-12)7-10(14-2)11(9)15-3/h6-7,12H,4-5H2,1-3H3. The molecule has 0 aliphatic heterocycles. The van der Waals surface area contributed by atoms with Gasteiger partial charge in [-0.3, -0.25) is 0 Å². The van der Waals surface area contributed by atoms with E-state index in [9.17, 15) is 0 Å². The van der Waals surface area contributed by atoms with Crippen LogP contribution in [0.4, 0.5) is 0 Å². The van der Waals surface area contributed by atoms with Gasteiger partial charge in [-0.15, -0.1) is 0 Å². The third-order valence-electron chi connectivity index (χ3n) is 2.00. The molecule has 1 N–H and O–H groups in total. The van der Waals surface area contributed by atoms with Crippen LogP contribution < -0.4 is 18.9 Å². The molecule has 0 heterocycles. The topological polar surface area (TPSA) is 57.2 Å². The van der Waals surface area contributed by atoms with Gasteiger partial charge < -0.3 is 24.1 Å². The largest absolute Gasteiger partial charge is 0.493 e. The molecule has 16 heavy (non-hydrogen) atoms. The van der Waals surface area contributed by atoms with E-state index in [0.717, 1.165) is 0 Å². The highest BCUT2D eigenvalue weighted by Gasteiger charge is 2.13. The van der Waals surface area contributed by atoms with Gasteiger partial charge in [-0.25, -0.2) is 0 Å². The van der Waals surface area contributed by atoms with Crippen LogP contribution in [-0.4, -0.2) is 39.6 Å². The smallest absolute Gasteiger partial charge is 0.203 e. The molecule has 0 spiro atoms. The molecule has 5 heteroatoms. The summed E-state index contributed by atoms with van der Waals surface area (Å²) in [6, 6.07) is 3.36. The van der Waals surface area contributed by atoms with Crippen molar-refractivity contribution in [3.8, 4) is 23.0 Å². The van der Waals surface area contributed by atoms with E-state index in [1.807, 2.05) is 0 Å². The van der Waals surface area contributed by atoms with Crippen LogP contribution in [0.1, 0.15) is 0 Å². The SMILES string of the molecule is COc1cc(OCCO)cc(OC)c1OC. The van der Waals surface area contributed by atoms with Gasteiger partial charge in [0.2, 0.25) is 5.75 Å². The van der Waals surface area contributed by atoms with Gasteiger partial charge in [0.15, 0.2) is 11.5 Å². The summed E-state index contributed by atoms with van der Waals surface area (Å²) in [6.45, 7) is 0.176. The summed E-state index contributed by atoms with van der Waals surface area (Å²) in [6.07, 6.45) is 0. The first kappa shape index (κ1) is 12.4. The number of rotatable bonds is 6. The molecule has 0 atom stereocenters. The second-order valence-electron chi connectivity index (χ2n) is 2.93. The maximum absolute atomic E-state index is 8.67. The van der Waals surface area contributed by atoms with Crippen molar-refractivity contribution in [2.45, 2.75) is 0 Å². The van der Waals surface area contributed by atoms with E-state index in [-0.39, 0.29) is 13.2 Å². The predicted molar refractivity (Wildman–Crippen MR) is 58.7 cm³/mol. The summed E-state index contributed by atoms with van der Waals surface area (Å²) in [4.78, 5) is 0. The number of ether oxygens (including phenoxy) is 4. The summed E-state index contributed by atoms with van der Waals surface area (Å²) in [5.41, 5.74) is 0. The maximum atomic E-state index is 8.67. The van der Waals surface area contributed by atoms with Crippen LogP contribution in [0.2, 0.25) is 0 Å². The third-order valence-corrected chi connectivity index (χ3v) is 2.00. The summed E-state index contributed by atoms with van der Waals surface area (Å²) in [5.74, 6) is 2.12. The van der Waals surface area contributed by atoms with Gasteiger partial charge in [0.1, 0.15) is 12.4 Å². The van der Waals surface area contributed by atoms with Crippen molar-refractivity contribution in [2.24, 2.45) is 0 Å². The fourth-order valence-electron chi connectivity index (χ4n) is 1.30. The lowest BCUT2D eigenvalue weighted by Gasteiger charge is -2.14. The molecule has 0 aliphatic carbocycles. The van der Waals surface area contributed by atoms with Crippen molar-refractivity contribution in [1.29, 1.82) is 0 Å². The highest BCUT2D eigenvalue weighted by atomic mass is 16.5. The Bertz CT molecular complexity index is 312. The first-order valence-corrected chi connectivity index (χ1v) is 4.80. The van der Waals surface area contributed by atoms with Gasteiger partial charge in [-0.05, 0) is 0 Å². The Morgan fingerprint density at radius 3 is 1.94 bits per heavy atom. The van der Waals surface area contributed by atoms with Gasteiger partial charge in [-0.1, -0.05) is 0 Å². The first-order valence-electron chi connectivity index (χ1n) is 4.80. The van der Waals surface area contributed by atoms with Crippen molar-refractivity contribution in [3.05, 3.63) is 12.1 Å². The third kappa shape index (κ3) is 2.70. The Morgan fingerprint density at radius 2 is 1.56 bits per heavy atom. The van der Waals surface area contributed by atoms with Gasteiger partial charge >= 0.3 is 0 Å². The number of methoxy groups -OCH3 is 3. The lowest BCUT2D eigenvalue weighted by molar-refractivity contribution is 0.200. The quantitative estimate of drug-likeness (QED) is 0.789. The average molecular weight is 228 g/mol. The summed E-state index contributed by atoms with van der Waals surface area (Å²) in [7, 11) is 4.61. The Labute approximate surface area is 94.5 Å². The Morgan fingerprint density at radius 1 is 1.00 bits per heavy atom. The highest BCUT2D eigenvalue weighted by molar-refractivity contribution is 5.55. The summed E-state index contributed by atoms with van der Waals surface area (Å²) in [5, 5.41) is 8.67.